The Balaban J connectivity index is 1.57. The third kappa shape index (κ3) is 7.05. The fourth-order valence-corrected chi connectivity index (χ4v) is 7.03. The van der Waals surface area contributed by atoms with Gasteiger partial charge in [-0.3, -0.25) is 0 Å². The van der Waals surface area contributed by atoms with E-state index in [0.29, 0.717) is 39.8 Å². The van der Waals surface area contributed by atoms with Crippen LogP contribution in [0.3, 0.4) is 0 Å². The SMILES string of the molecule is C=CCCC1(C)CCN(c2c(C(OC(C)(C)C)C(=O)O)c(C)nc3cc(-c4ncc(Cc5cc(F)ccc5Br)s4)nn23)CC1. The summed E-state index contributed by atoms with van der Waals surface area (Å²) in [5.74, 6) is -0.660. The van der Waals surface area contributed by atoms with Crippen LogP contribution in [0.5, 0.6) is 0 Å². The van der Waals surface area contributed by atoms with E-state index in [0.717, 1.165) is 53.7 Å². The number of carboxylic acid groups (broad SMARTS) is 1. The summed E-state index contributed by atoms with van der Waals surface area (Å²) in [4.78, 5) is 25.4. The lowest BCUT2D eigenvalue weighted by molar-refractivity contribution is -0.160. The Morgan fingerprint density at radius 2 is 2.02 bits per heavy atom. The van der Waals surface area contributed by atoms with Gasteiger partial charge in [-0.05, 0) is 82.6 Å². The zero-order chi connectivity index (χ0) is 31.8. The van der Waals surface area contributed by atoms with E-state index >= 15 is 0 Å². The molecular weight excluding hydrogens is 645 g/mol. The molecule has 3 aromatic heterocycles. The van der Waals surface area contributed by atoms with Crippen LogP contribution >= 0.6 is 27.3 Å². The monoisotopic (exact) mass is 683 g/mol. The van der Waals surface area contributed by atoms with E-state index in [9.17, 15) is 14.3 Å². The maximum atomic E-state index is 13.9. The molecule has 0 aliphatic carbocycles. The minimum atomic E-state index is -1.22. The minimum absolute atomic E-state index is 0.184. The second kappa shape index (κ2) is 12.7. The number of piperidine rings is 1. The van der Waals surface area contributed by atoms with Crippen LogP contribution in [0.2, 0.25) is 0 Å². The molecule has 1 aliphatic heterocycles. The molecule has 0 saturated carbocycles. The molecule has 1 N–H and O–H groups in total. The van der Waals surface area contributed by atoms with Crippen LogP contribution in [0, 0.1) is 18.2 Å². The number of ether oxygens (including phenoxy) is 1. The van der Waals surface area contributed by atoms with Crippen molar-refractivity contribution in [3.63, 3.8) is 0 Å². The lowest BCUT2D eigenvalue weighted by atomic mass is 9.76. The third-order valence-electron chi connectivity index (χ3n) is 8.13. The molecule has 1 aromatic carbocycles. The number of halogens is 2. The molecule has 0 radical (unpaired) electrons. The Morgan fingerprint density at radius 1 is 1.30 bits per heavy atom. The molecule has 4 aromatic rings. The van der Waals surface area contributed by atoms with E-state index in [-0.39, 0.29) is 11.2 Å². The normalized spacial score (nSPS) is 15.9. The lowest BCUT2D eigenvalue weighted by Crippen LogP contribution is -2.41. The predicted molar refractivity (Wildman–Crippen MR) is 176 cm³/mol. The van der Waals surface area contributed by atoms with Crippen LogP contribution in [0.4, 0.5) is 10.2 Å². The van der Waals surface area contributed by atoms with Crippen LogP contribution in [0.25, 0.3) is 16.3 Å². The molecule has 1 saturated heterocycles. The Bertz CT molecular complexity index is 1690. The van der Waals surface area contributed by atoms with Gasteiger partial charge in [0.15, 0.2) is 11.8 Å². The maximum Gasteiger partial charge on any atom is 0.337 e. The Labute approximate surface area is 270 Å². The second-order valence-corrected chi connectivity index (χ2v) is 14.8. The average Bonchev–Trinajstić information content (AvgIpc) is 3.59. The number of hydrogen-bond donors (Lipinski definition) is 1. The summed E-state index contributed by atoms with van der Waals surface area (Å²) < 4.78 is 22.6. The number of carbonyl (C=O) groups is 1. The summed E-state index contributed by atoms with van der Waals surface area (Å²) in [6.07, 6.45) is 7.02. The molecule has 8 nitrogen and oxygen atoms in total. The molecule has 0 bridgehead atoms. The zero-order valence-electron chi connectivity index (χ0n) is 25.9. The van der Waals surface area contributed by atoms with Crippen molar-refractivity contribution in [3.8, 4) is 10.7 Å². The summed E-state index contributed by atoms with van der Waals surface area (Å²) in [6.45, 7) is 15.1. The zero-order valence-corrected chi connectivity index (χ0v) is 28.3. The highest BCUT2D eigenvalue weighted by Gasteiger charge is 2.37. The quantitative estimate of drug-likeness (QED) is 0.169. The van der Waals surface area contributed by atoms with Gasteiger partial charge >= 0.3 is 5.97 Å². The van der Waals surface area contributed by atoms with Gasteiger partial charge in [0, 0.05) is 46.8 Å². The molecule has 1 atom stereocenters. The molecule has 4 heterocycles. The summed E-state index contributed by atoms with van der Waals surface area (Å²) in [5, 5.41) is 16.1. The second-order valence-electron chi connectivity index (χ2n) is 12.9. The molecule has 1 fully saturated rings. The summed E-state index contributed by atoms with van der Waals surface area (Å²) in [5.41, 5.74) is 2.68. The molecule has 234 valence electrons. The first kappa shape index (κ1) is 32.2. The molecule has 0 spiro atoms. The van der Waals surface area contributed by atoms with Crippen LogP contribution in [0.15, 0.2) is 47.6 Å². The number of thiazole rings is 1. The number of fused-ring (bicyclic) bond motifs is 1. The first-order valence-corrected chi connectivity index (χ1v) is 16.4. The number of benzene rings is 1. The van der Waals surface area contributed by atoms with E-state index in [1.165, 1.54) is 23.5 Å². The van der Waals surface area contributed by atoms with E-state index in [1.54, 1.807) is 16.8 Å². The van der Waals surface area contributed by atoms with Gasteiger partial charge in [-0.2, -0.15) is 9.61 Å². The predicted octanol–water partition coefficient (Wildman–Crippen LogP) is 8.17. The fraction of sp³-hybridized carbons (Fsp3) is 0.455. The van der Waals surface area contributed by atoms with Crippen molar-refractivity contribution in [2.75, 3.05) is 18.0 Å². The Kier molecular flexibility index (Phi) is 9.30. The number of aryl methyl sites for hydroxylation is 1. The highest BCUT2D eigenvalue weighted by atomic mass is 79.9. The molecule has 5 rings (SSSR count). The fourth-order valence-electron chi connectivity index (χ4n) is 5.75. The Hall–Kier alpha value is -3.15. The molecule has 1 unspecified atom stereocenters. The number of rotatable bonds is 10. The van der Waals surface area contributed by atoms with E-state index in [1.807, 2.05) is 39.8 Å². The van der Waals surface area contributed by atoms with Crippen molar-refractivity contribution in [1.29, 1.82) is 0 Å². The minimum Gasteiger partial charge on any atom is -0.479 e. The number of aromatic nitrogens is 4. The average molecular weight is 685 g/mol. The van der Waals surface area contributed by atoms with Gasteiger partial charge in [0.2, 0.25) is 0 Å². The van der Waals surface area contributed by atoms with Gasteiger partial charge in [-0.25, -0.2) is 19.2 Å². The number of hydrogen-bond acceptors (Lipinski definition) is 7. The first-order valence-electron chi connectivity index (χ1n) is 14.8. The number of nitrogens with zero attached hydrogens (tertiary/aromatic N) is 5. The first-order chi connectivity index (χ1) is 20.8. The van der Waals surface area contributed by atoms with Crippen molar-refractivity contribution < 1.29 is 19.0 Å². The molecule has 0 amide bonds. The highest BCUT2D eigenvalue weighted by Crippen LogP contribution is 2.41. The Morgan fingerprint density at radius 3 is 2.68 bits per heavy atom. The smallest absolute Gasteiger partial charge is 0.337 e. The topological polar surface area (TPSA) is 92.8 Å². The summed E-state index contributed by atoms with van der Waals surface area (Å²) in [7, 11) is 0. The maximum absolute atomic E-state index is 13.9. The van der Waals surface area contributed by atoms with E-state index in [2.05, 4.69) is 39.3 Å². The van der Waals surface area contributed by atoms with Crippen LogP contribution < -0.4 is 4.90 Å². The van der Waals surface area contributed by atoms with Crippen LogP contribution in [-0.2, 0) is 16.0 Å². The number of allylic oxidation sites excluding steroid dienone is 1. The van der Waals surface area contributed by atoms with Gasteiger partial charge in [-0.15, -0.1) is 17.9 Å². The number of aliphatic carboxylic acids is 1. The van der Waals surface area contributed by atoms with Crippen LogP contribution in [0.1, 0.15) is 81.2 Å². The highest BCUT2D eigenvalue weighted by molar-refractivity contribution is 9.10. The van der Waals surface area contributed by atoms with Crippen LogP contribution in [-0.4, -0.2) is 49.3 Å². The van der Waals surface area contributed by atoms with E-state index < -0.39 is 17.7 Å². The number of anilines is 1. The molecule has 1 aliphatic rings. The van der Waals surface area contributed by atoms with Gasteiger partial charge in [0.05, 0.1) is 11.2 Å². The van der Waals surface area contributed by atoms with Crippen molar-refractivity contribution in [2.24, 2.45) is 5.41 Å². The van der Waals surface area contributed by atoms with Crippen molar-refractivity contribution >= 4 is 44.7 Å². The number of carboxylic acids is 1. The third-order valence-corrected chi connectivity index (χ3v) is 9.92. The molecule has 11 heteroatoms. The van der Waals surface area contributed by atoms with Gasteiger partial charge < -0.3 is 14.7 Å². The summed E-state index contributed by atoms with van der Waals surface area (Å²) in [6, 6.07) is 6.54. The lowest BCUT2D eigenvalue weighted by Gasteiger charge is -2.41. The van der Waals surface area contributed by atoms with Gasteiger partial charge in [0.1, 0.15) is 22.3 Å². The molecular formula is C33H39BrFN5O3S. The van der Waals surface area contributed by atoms with Crippen molar-refractivity contribution in [3.05, 3.63) is 75.1 Å². The molecule has 44 heavy (non-hydrogen) atoms. The van der Waals surface area contributed by atoms with Crippen molar-refractivity contribution in [1.82, 2.24) is 19.6 Å². The standard InChI is InChI=1S/C33H39BrFN5O3S/c1-7-8-11-33(6)12-14-39(15-13-33)30-27(28(31(41)42)43-32(3,4)5)20(2)37-26-18-25(38-40(26)30)29-36-19-23(44-29)17-21-16-22(35)9-10-24(21)34/h7,9-10,16,18-19,28H,1,8,11-15,17H2,2-6H3,(H,41,42). The largest absolute Gasteiger partial charge is 0.479 e. The van der Waals surface area contributed by atoms with Gasteiger partial charge in [-0.1, -0.05) is 28.9 Å². The van der Waals surface area contributed by atoms with Gasteiger partial charge in [0.25, 0.3) is 0 Å². The van der Waals surface area contributed by atoms with Crippen molar-refractivity contribution in [2.45, 2.75) is 78.4 Å². The van der Waals surface area contributed by atoms with E-state index in [4.69, 9.17) is 14.8 Å². The summed E-state index contributed by atoms with van der Waals surface area (Å²) >= 11 is 5.00.